The molecule has 1 aliphatic rings. The van der Waals surface area contributed by atoms with Crippen LogP contribution in [0.5, 0.6) is 0 Å². The molecule has 0 aromatic rings. The monoisotopic (exact) mass is 303 g/mol. The molecule has 6 heteroatoms. The minimum atomic E-state index is -0.594. The molecular weight excluding hydrogens is 274 g/mol. The second-order valence-electron chi connectivity index (χ2n) is 5.30. The van der Waals surface area contributed by atoms with E-state index >= 15 is 0 Å². The van der Waals surface area contributed by atoms with Crippen molar-refractivity contribution in [3.05, 3.63) is 0 Å². The number of hydrogen-bond acceptors (Lipinski definition) is 6. The van der Waals surface area contributed by atoms with Crippen molar-refractivity contribution in [1.29, 1.82) is 0 Å². The van der Waals surface area contributed by atoms with E-state index in [1.54, 1.807) is 7.11 Å². The largest absolute Gasteiger partial charge is 0.468 e. The van der Waals surface area contributed by atoms with Crippen LogP contribution in [0.2, 0.25) is 0 Å². The number of esters is 1. The quantitative estimate of drug-likeness (QED) is 0.482. The SMILES string of the molecule is CCNC1(C(=O)OC)CCCC(OCCOCCOC)C1. The minimum absolute atomic E-state index is 0.0722. The maximum Gasteiger partial charge on any atom is 0.326 e. The molecule has 6 nitrogen and oxygen atoms in total. The van der Waals surface area contributed by atoms with Gasteiger partial charge in [0, 0.05) is 13.5 Å². The van der Waals surface area contributed by atoms with Crippen LogP contribution in [0.25, 0.3) is 0 Å². The highest BCUT2D eigenvalue weighted by atomic mass is 16.5. The Balaban J connectivity index is 2.37. The second-order valence-corrected chi connectivity index (χ2v) is 5.30. The first-order valence-corrected chi connectivity index (χ1v) is 7.70. The lowest BCUT2D eigenvalue weighted by Crippen LogP contribution is -2.56. The van der Waals surface area contributed by atoms with E-state index in [4.69, 9.17) is 18.9 Å². The van der Waals surface area contributed by atoms with Gasteiger partial charge in [-0.2, -0.15) is 0 Å². The minimum Gasteiger partial charge on any atom is -0.468 e. The Labute approximate surface area is 127 Å². The van der Waals surface area contributed by atoms with Crippen molar-refractivity contribution < 1.29 is 23.7 Å². The zero-order valence-corrected chi connectivity index (χ0v) is 13.5. The molecule has 1 aliphatic carbocycles. The van der Waals surface area contributed by atoms with Gasteiger partial charge in [0.1, 0.15) is 5.54 Å². The second kappa shape index (κ2) is 10.1. The van der Waals surface area contributed by atoms with Crippen molar-refractivity contribution in [2.75, 3.05) is 47.2 Å². The summed E-state index contributed by atoms with van der Waals surface area (Å²) in [6.45, 7) is 4.99. The van der Waals surface area contributed by atoms with Gasteiger partial charge in [-0.3, -0.25) is 4.79 Å². The lowest BCUT2D eigenvalue weighted by atomic mass is 9.80. The third kappa shape index (κ3) is 5.90. The summed E-state index contributed by atoms with van der Waals surface area (Å²) in [7, 11) is 3.09. The van der Waals surface area contributed by atoms with E-state index in [0.29, 0.717) is 32.8 Å². The van der Waals surface area contributed by atoms with Crippen LogP contribution in [-0.2, 0) is 23.7 Å². The normalized spacial score (nSPS) is 25.8. The van der Waals surface area contributed by atoms with Crippen molar-refractivity contribution in [1.82, 2.24) is 5.32 Å². The van der Waals surface area contributed by atoms with E-state index in [0.717, 1.165) is 25.8 Å². The third-order valence-electron chi connectivity index (χ3n) is 3.81. The molecule has 0 bridgehead atoms. The van der Waals surface area contributed by atoms with Crippen LogP contribution >= 0.6 is 0 Å². The van der Waals surface area contributed by atoms with Gasteiger partial charge in [0.05, 0.1) is 39.6 Å². The molecule has 1 saturated carbocycles. The van der Waals surface area contributed by atoms with Crippen LogP contribution in [0.3, 0.4) is 0 Å². The molecule has 2 atom stereocenters. The number of ether oxygens (including phenoxy) is 4. The van der Waals surface area contributed by atoms with Crippen LogP contribution in [0.4, 0.5) is 0 Å². The molecule has 1 rings (SSSR count). The molecule has 0 aliphatic heterocycles. The third-order valence-corrected chi connectivity index (χ3v) is 3.81. The Kier molecular flexibility index (Phi) is 8.84. The fourth-order valence-electron chi connectivity index (χ4n) is 2.84. The van der Waals surface area contributed by atoms with E-state index in [1.165, 1.54) is 7.11 Å². The summed E-state index contributed by atoms with van der Waals surface area (Å²) in [6, 6.07) is 0. The van der Waals surface area contributed by atoms with Gasteiger partial charge in [0.15, 0.2) is 0 Å². The lowest BCUT2D eigenvalue weighted by molar-refractivity contribution is -0.153. The van der Waals surface area contributed by atoms with Gasteiger partial charge in [0.2, 0.25) is 0 Å². The molecule has 21 heavy (non-hydrogen) atoms. The zero-order chi connectivity index (χ0) is 15.6. The summed E-state index contributed by atoms with van der Waals surface area (Å²) in [6.07, 6.45) is 3.46. The van der Waals surface area contributed by atoms with Crippen LogP contribution < -0.4 is 5.32 Å². The highest BCUT2D eigenvalue weighted by Gasteiger charge is 2.43. The molecule has 0 radical (unpaired) electrons. The summed E-state index contributed by atoms with van der Waals surface area (Å²) < 4.78 is 21.1. The van der Waals surface area contributed by atoms with E-state index in [-0.39, 0.29) is 12.1 Å². The van der Waals surface area contributed by atoms with Crippen molar-refractivity contribution in [3.8, 4) is 0 Å². The number of carbonyl (C=O) groups excluding carboxylic acids is 1. The highest BCUT2D eigenvalue weighted by molar-refractivity contribution is 5.81. The Hall–Kier alpha value is -0.690. The maximum absolute atomic E-state index is 12.1. The van der Waals surface area contributed by atoms with Gasteiger partial charge in [-0.05, 0) is 25.8 Å². The topological polar surface area (TPSA) is 66.0 Å². The Morgan fingerprint density at radius 3 is 2.67 bits per heavy atom. The van der Waals surface area contributed by atoms with Crippen molar-refractivity contribution >= 4 is 5.97 Å². The fraction of sp³-hybridized carbons (Fsp3) is 0.933. The van der Waals surface area contributed by atoms with Crippen LogP contribution in [0.15, 0.2) is 0 Å². The average Bonchev–Trinajstić information content (AvgIpc) is 2.50. The van der Waals surface area contributed by atoms with Gasteiger partial charge in [-0.15, -0.1) is 0 Å². The molecule has 0 saturated heterocycles. The Morgan fingerprint density at radius 2 is 2.00 bits per heavy atom. The number of carbonyl (C=O) groups is 1. The summed E-state index contributed by atoms with van der Waals surface area (Å²) >= 11 is 0. The average molecular weight is 303 g/mol. The van der Waals surface area contributed by atoms with E-state index in [1.807, 2.05) is 6.92 Å². The molecule has 0 amide bonds. The lowest BCUT2D eigenvalue weighted by Gasteiger charge is -2.39. The van der Waals surface area contributed by atoms with Crippen molar-refractivity contribution in [2.45, 2.75) is 44.2 Å². The maximum atomic E-state index is 12.1. The van der Waals surface area contributed by atoms with Gasteiger partial charge < -0.3 is 24.3 Å². The number of rotatable bonds is 10. The first-order chi connectivity index (χ1) is 10.2. The van der Waals surface area contributed by atoms with Gasteiger partial charge in [-0.1, -0.05) is 6.92 Å². The molecule has 1 N–H and O–H groups in total. The van der Waals surface area contributed by atoms with E-state index in [9.17, 15) is 4.79 Å². The Bertz CT molecular complexity index is 296. The number of nitrogens with one attached hydrogen (secondary N) is 1. The summed E-state index contributed by atoms with van der Waals surface area (Å²) in [5.41, 5.74) is -0.594. The predicted molar refractivity (Wildman–Crippen MR) is 79.3 cm³/mol. The summed E-state index contributed by atoms with van der Waals surface area (Å²) in [5, 5.41) is 3.29. The van der Waals surface area contributed by atoms with E-state index in [2.05, 4.69) is 5.32 Å². The zero-order valence-electron chi connectivity index (χ0n) is 13.5. The molecular formula is C15H29NO5. The highest BCUT2D eigenvalue weighted by Crippen LogP contribution is 2.31. The Morgan fingerprint density at radius 1 is 1.24 bits per heavy atom. The smallest absolute Gasteiger partial charge is 0.326 e. The molecule has 0 heterocycles. The van der Waals surface area contributed by atoms with Crippen LogP contribution in [0.1, 0.15) is 32.6 Å². The number of likely N-dealkylation sites (N-methyl/N-ethyl adjacent to an activating group) is 1. The van der Waals surface area contributed by atoms with Gasteiger partial charge in [0.25, 0.3) is 0 Å². The summed E-state index contributed by atoms with van der Waals surface area (Å²) in [5.74, 6) is -0.186. The summed E-state index contributed by atoms with van der Waals surface area (Å²) in [4.78, 5) is 12.1. The standard InChI is InChI=1S/C15H29NO5/c1-4-16-15(14(17)19-3)7-5-6-13(12-15)21-11-10-20-9-8-18-2/h13,16H,4-12H2,1-3H3. The first-order valence-electron chi connectivity index (χ1n) is 7.70. The molecule has 0 spiro atoms. The van der Waals surface area contributed by atoms with Crippen LogP contribution in [-0.4, -0.2) is 64.8 Å². The van der Waals surface area contributed by atoms with Crippen molar-refractivity contribution in [3.63, 3.8) is 0 Å². The predicted octanol–water partition coefficient (Wildman–Crippen LogP) is 1.13. The molecule has 124 valence electrons. The number of methoxy groups -OCH3 is 2. The van der Waals surface area contributed by atoms with E-state index < -0.39 is 5.54 Å². The fourth-order valence-corrected chi connectivity index (χ4v) is 2.84. The molecule has 2 unspecified atom stereocenters. The van der Waals surface area contributed by atoms with Crippen molar-refractivity contribution in [2.24, 2.45) is 0 Å². The molecule has 0 aromatic heterocycles. The number of hydrogen-bond donors (Lipinski definition) is 1. The van der Waals surface area contributed by atoms with Gasteiger partial charge in [-0.25, -0.2) is 0 Å². The van der Waals surface area contributed by atoms with Crippen LogP contribution in [0, 0.1) is 0 Å². The molecule has 1 fully saturated rings. The molecule has 0 aromatic carbocycles. The van der Waals surface area contributed by atoms with Gasteiger partial charge >= 0.3 is 5.97 Å². The first kappa shape index (κ1) is 18.4.